The Balaban J connectivity index is 1.97. The standard InChI is InChI=1S/C20H24N2O3/c1-4-15-9-11-16(12-10-15)25-13-19(23)22-18-8-6-5-7-17(18)20(24)21-14(2)3/h5-12,14H,4,13H2,1-3H3,(H,21,24)(H,22,23). The van der Waals surface area contributed by atoms with Crippen molar-refractivity contribution in [3.63, 3.8) is 0 Å². The van der Waals surface area contributed by atoms with E-state index in [4.69, 9.17) is 4.74 Å². The first-order chi connectivity index (χ1) is 12.0. The summed E-state index contributed by atoms with van der Waals surface area (Å²) in [5, 5.41) is 5.55. The summed E-state index contributed by atoms with van der Waals surface area (Å²) in [7, 11) is 0. The van der Waals surface area contributed by atoms with E-state index in [-0.39, 0.29) is 24.5 Å². The van der Waals surface area contributed by atoms with Crippen molar-refractivity contribution in [1.29, 1.82) is 0 Å². The molecule has 0 heterocycles. The van der Waals surface area contributed by atoms with Gasteiger partial charge >= 0.3 is 0 Å². The molecule has 2 aromatic rings. The molecule has 0 aliphatic rings. The Morgan fingerprint density at radius 1 is 1.04 bits per heavy atom. The van der Waals surface area contributed by atoms with Gasteiger partial charge in [0.1, 0.15) is 5.75 Å². The van der Waals surface area contributed by atoms with Crippen molar-refractivity contribution in [3.05, 3.63) is 59.7 Å². The molecule has 5 heteroatoms. The molecule has 0 unspecified atom stereocenters. The Hall–Kier alpha value is -2.82. The Morgan fingerprint density at radius 3 is 2.36 bits per heavy atom. The first-order valence-electron chi connectivity index (χ1n) is 8.41. The van der Waals surface area contributed by atoms with Crippen LogP contribution < -0.4 is 15.4 Å². The SMILES string of the molecule is CCc1ccc(OCC(=O)Nc2ccccc2C(=O)NC(C)C)cc1. The molecule has 2 amide bonds. The van der Waals surface area contributed by atoms with Crippen LogP contribution >= 0.6 is 0 Å². The number of aryl methyl sites for hydroxylation is 1. The molecule has 132 valence electrons. The van der Waals surface area contributed by atoms with Crippen LogP contribution in [0.2, 0.25) is 0 Å². The number of nitrogens with one attached hydrogen (secondary N) is 2. The molecule has 0 atom stereocenters. The average molecular weight is 340 g/mol. The van der Waals surface area contributed by atoms with E-state index in [0.29, 0.717) is 17.0 Å². The third-order valence-corrected chi connectivity index (χ3v) is 3.57. The van der Waals surface area contributed by atoms with E-state index < -0.39 is 0 Å². The lowest BCUT2D eigenvalue weighted by molar-refractivity contribution is -0.118. The van der Waals surface area contributed by atoms with Crippen LogP contribution in [0.15, 0.2) is 48.5 Å². The molecule has 0 aliphatic heterocycles. The van der Waals surface area contributed by atoms with Crippen molar-refractivity contribution in [2.45, 2.75) is 33.2 Å². The topological polar surface area (TPSA) is 67.4 Å². The summed E-state index contributed by atoms with van der Waals surface area (Å²) in [5.74, 6) is 0.101. The maximum Gasteiger partial charge on any atom is 0.262 e. The second-order valence-electron chi connectivity index (χ2n) is 6.01. The van der Waals surface area contributed by atoms with Gasteiger partial charge in [-0.15, -0.1) is 0 Å². The van der Waals surface area contributed by atoms with Crippen molar-refractivity contribution < 1.29 is 14.3 Å². The normalized spacial score (nSPS) is 10.4. The summed E-state index contributed by atoms with van der Waals surface area (Å²) >= 11 is 0. The fourth-order valence-corrected chi connectivity index (χ4v) is 2.29. The van der Waals surface area contributed by atoms with Gasteiger partial charge in [0.2, 0.25) is 0 Å². The molecule has 0 saturated carbocycles. The average Bonchev–Trinajstić information content (AvgIpc) is 2.60. The fraction of sp³-hybridized carbons (Fsp3) is 0.300. The van der Waals surface area contributed by atoms with Crippen LogP contribution in [0.5, 0.6) is 5.75 Å². The van der Waals surface area contributed by atoms with E-state index in [1.807, 2.05) is 38.1 Å². The number of carbonyl (C=O) groups excluding carboxylic acids is 2. The van der Waals surface area contributed by atoms with E-state index in [9.17, 15) is 9.59 Å². The first kappa shape index (κ1) is 18.5. The smallest absolute Gasteiger partial charge is 0.262 e. The van der Waals surface area contributed by atoms with Gasteiger partial charge in [-0.25, -0.2) is 0 Å². The molecular weight excluding hydrogens is 316 g/mol. The minimum absolute atomic E-state index is 0.0192. The third kappa shape index (κ3) is 5.64. The molecule has 0 aromatic heterocycles. The largest absolute Gasteiger partial charge is 0.484 e. The molecule has 0 aliphatic carbocycles. The zero-order valence-electron chi connectivity index (χ0n) is 14.8. The molecule has 0 spiro atoms. The van der Waals surface area contributed by atoms with Gasteiger partial charge in [-0.05, 0) is 50.1 Å². The highest BCUT2D eigenvalue weighted by Gasteiger charge is 2.14. The van der Waals surface area contributed by atoms with Crippen molar-refractivity contribution in [2.24, 2.45) is 0 Å². The summed E-state index contributed by atoms with van der Waals surface area (Å²) in [6.45, 7) is 5.73. The summed E-state index contributed by atoms with van der Waals surface area (Å²) in [4.78, 5) is 24.3. The van der Waals surface area contributed by atoms with Crippen molar-refractivity contribution in [2.75, 3.05) is 11.9 Å². The lowest BCUT2D eigenvalue weighted by Gasteiger charge is -2.13. The van der Waals surface area contributed by atoms with Gasteiger partial charge in [-0.2, -0.15) is 0 Å². The van der Waals surface area contributed by atoms with Crippen molar-refractivity contribution >= 4 is 17.5 Å². The number of benzene rings is 2. The molecule has 0 radical (unpaired) electrons. The quantitative estimate of drug-likeness (QED) is 0.812. The highest BCUT2D eigenvalue weighted by atomic mass is 16.5. The predicted molar refractivity (Wildman–Crippen MR) is 99.0 cm³/mol. The molecule has 0 fully saturated rings. The van der Waals surface area contributed by atoms with Crippen LogP contribution in [0.1, 0.15) is 36.7 Å². The molecule has 25 heavy (non-hydrogen) atoms. The van der Waals surface area contributed by atoms with E-state index in [2.05, 4.69) is 17.6 Å². The van der Waals surface area contributed by atoms with Gasteiger partial charge in [0.25, 0.3) is 11.8 Å². The number of hydrogen-bond donors (Lipinski definition) is 2. The number of hydrogen-bond acceptors (Lipinski definition) is 3. The number of para-hydroxylation sites is 1. The fourth-order valence-electron chi connectivity index (χ4n) is 2.29. The zero-order valence-corrected chi connectivity index (χ0v) is 14.8. The number of ether oxygens (including phenoxy) is 1. The highest BCUT2D eigenvalue weighted by Crippen LogP contribution is 2.16. The Bertz CT molecular complexity index is 724. The monoisotopic (exact) mass is 340 g/mol. The van der Waals surface area contributed by atoms with Gasteiger partial charge in [0, 0.05) is 6.04 Å². The molecule has 2 aromatic carbocycles. The maximum absolute atomic E-state index is 12.2. The van der Waals surface area contributed by atoms with Crippen LogP contribution in [-0.2, 0) is 11.2 Å². The molecule has 5 nitrogen and oxygen atoms in total. The minimum atomic E-state index is -0.315. The van der Waals surface area contributed by atoms with Gasteiger partial charge in [-0.3, -0.25) is 9.59 Å². The lowest BCUT2D eigenvalue weighted by Crippen LogP contribution is -2.31. The minimum Gasteiger partial charge on any atom is -0.484 e. The van der Waals surface area contributed by atoms with E-state index in [1.165, 1.54) is 5.56 Å². The Kier molecular flexibility index (Phi) is 6.57. The highest BCUT2D eigenvalue weighted by molar-refractivity contribution is 6.04. The van der Waals surface area contributed by atoms with Crippen LogP contribution in [0.3, 0.4) is 0 Å². The van der Waals surface area contributed by atoms with Gasteiger partial charge in [0.15, 0.2) is 6.61 Å². The van der Waals surface area contributed by atoms with Gasteiger partial charge < -0.3 is 15.4 Å². The summed E-state index contributed by atoms with van der Waals surface area (Å²) < 4.78 is 5.49. The number of anilines is 1. The Morgan fingerprint density at radius 2 is 1.72 bits per heavy atom. The number of amides is 2. The van der Waals surface area contributed by atoms with E-state index >= 15 is 0 Å². The van der Waals surface area contributed by atoms with Crippen molar-refractivity contribution in [1.82, 2.24) is 5.32 Å². The molecule has 0 saturated heterocycles. The van der Waals surface area contributed by atoms with Crippen LogP contribution in [0.25, 0.3) is 0 Å². The van der Waals surface area contributed by atoms with Crippen molar-refractivity contribution in [3.8, 4) is 5.75 Å². The van der Waals surface area contributed by atoms with Crippen LogP contribution in [-0.4, -0.2) is 24.5 Å². The molecule has 0 bridgehead atoms. The second kappa shape index (κ2) is 8.87. The predicted octanol–water partition coefficient (Wildman–Crippen LogP) is 3.40. The summed E-state index contributed by atoms with van der Waals surface area (Å²) in [5.41, 5.74) is 2.11. The van der Waals surface area contributed by atoms with Crippen LogP contribution in [0.4, 0.5) is 5.69 Å². The number of carbonyl (C=O) groups is 2. The maximum atomic E-state index is 12.2. The lowest BCUT2D eigenvalue weighted by atomic mass is 10.1. The molecule has 2 rings (SSSR count). The van der Waals surface area contributed by atoms with Gasteiger partial charge in [-0.1, -0.05) is 31.2 Å². The zero-order chi connectivity index (χ0) is 18.2. The van der Waals surface area contributed by atoms with Crippen LogP contribution in [0, 0.1) is 0 Å². The van der Waals surface area contributed by atoms with E-state index in [1.54, 1.807) is 24.3 Å². The summed E-state index contributed by atoms with van der Waals surface area (Å²) in [6, 6.07) is 14.6. The molecule has 2 N–H and O–H groups in total. The second-order valence-corrected chi connectivity index (χ2v) is 6.01. The van der Waals surface area contributed by atoms with Gasteiger partial charge in [0.05, 0.1) is 11.3 Å². The molecular formula is C20H24N2O3. The number of rotatable bonds is 7. The summed E-state index contributed by atoms with van der Waals surface area (Å²) in [6.07, 6.45) is 0.954. The Labute approximate surface area is 148 Å². The third-order valence-electron chi connectivity index (χ3n) is 3.57. The first-order valence-corrected chi connectivity index (χ1v) is 8.41. The van der Waals surface area contributed by atoms with E-state index in [0.717, 1.165) is 6.42 Å².